The van der Waals surface area contributed by atoms with Crippen molar-refractivity contribution in [3.63, 3.8) is 0 Å². The zero-order valence-electron chi connectivity index (χ0n) is 6.90. The van der Waals surface area contributed by atoms with Crippen molar-refractivity contribution >= 4 is 5.91 Å². The van der Waals surface area contributed by atoms with Gasteiger partial charge in [-0.3, -0.25) is 4.79 Å². The molecule has 0 aliphatic carbocycles. The molecule has 0 saturated carbocycles. The minimum atomic E-state index is -0.298. The third kappa shape index (κ3) is 1.97. The summed E-state index contributed by atoms with van der Waals surface area (Å²) < 4.78 is 0. The van der Waals surface area contributed by atoms with Crippen molar-refractivity contribution in [2.45, 2.75) is 12.6 Å². The van der Waals surface area contributed by atoms with Crippen LogP contribution in [0.5, 0.6) is 5.75 Å². The van der Waals surface area contributed by atoms with Crippen molar-refractivity contribution in [3.05, 3.63) is 30.3 Å². The summed E-state index contributed by atoms with van der Waals surface area (Å²) in [5.74, 6) is 0.616. The number of β-lactam (4-membered cyclic amide) rings is 1. The molecule has 1 atom stereocenters. The lowest BCUT2D eigenvalue weighted by Gasteiger charge is -2.24. The van der Waals surface area contributed by atoms with E-state index in [9.17, 15) is 4.79 Å². The predicted molar refractivity (Wildman–Crippen MR) is 44.7 cm³/mol. The smallest absolute Gasteiger partial charge is 0.226 e. The van der Waals surface area contributed by atoms with Crippen LogP contribution >= 0.6 is 0 Å². The molecule has 1 aliphatic rings. The summed E-state index contributed by atoms with van der Waals surface area (Å²) in [5.41, 5.74) is 0. The van der Waals surface area contributed by atoms with Gasteiger partial charge in [-0.05, 0) is 12.1 Å². The molecule has 68 valence electrons. The summed E-state index contributed by atoms with van der Waals surface area (Å²) in [5, 5.41) is 2.53. The van der Waals surface area contributed by atoms with Gasteiger partial charge < -0.3 is 10.2 Å². The minimum absolute atomic E-state index is 0.0124. The fraction of sp³-hybridized carbons (Fsp3) is 0.222. The summed E-state index contributed by atoms with van der Waals surface area (Å²) in [6, 6.07) is 9.13. The second kappa shape index (κ2) is 3.45. The second-order valence-electron chi connectivity index (χ2n) is 2.75. The van der Waals surface area contributed by atoms with Crippen LogP contribution in [0.1, 0.15) is 6.42 Å². The fourth-order valence-electron chi connectivity index (χ4n) is 0.975. The lowest BCUT2D eigenvalue weighted by molar-refractivity contribution is -0.264. The molecule has 0 radical (unpaired) electrons. The Hall–Kier alpha value is -1.55. The van der Waals surface area contributed by atoms with Crippen LogP contribution in [0, 0.1) is 0 Å². The van der Waals surface area contributed by atoms with Gasteiger partial charge in [0.1, 0.15) is 0 Å². The van der Waals surface area contributed by atoms with Crippen molar-refractivity contribution in [2.24, 2.45) is 0 Å². The molecule has 4 nitrogen and oxygen atoms in total. The zero-order valence-corrected chi connectivity index (χ0v) is 6.90. The van der Waals surface area contributed by atoms with E-state index in [1.165, 1.54) is 0 Å². The van der Waals surface area contributed by atoms with E-state index in [0.29, 0.717) is 12.2 Å². The monoisotopic (exact) mass is 179 g/mol. The Morgan fingerprint density at radius 2 is 2.00 bits per heavy atom. The van der Waals surface area contributed by atoms with E-state index >= 15 is 0 Å². The summed E-state index contributed by atoms with van der Waals surface area (Å²) >= 11 is 0. The topological polar surface area (TPSA) is 47.6 Å². The number of hydrogen-bond donors (Lipinski definition) is 1. The number of carbonyl (C=O) groups excluding carboxylic acids is 1. The van der Waals surface area contributed by atoms with Crippen molar-refractivity contribution in [1.82, 2.24) is 5.32 Å². The molecule has 0 aromatic heterocycles. The first-order valence-electron chi connectivity index (χ1n) is 4.02. The van der Waals surface area contributed by atoms with Crippen LogP contribution in [0.15, 0.2) is 30.3 Å². The van der Waals surface area contributed by atoms with E-state index in [4.69, 9.17) is 9.78 Å². The highest BCUT2D eigenvalue weighted by Gasteiger charge is 2.27. The molecule has 1 amide bonds. The van der Waals surface area contributed by atoms with E-state index in [2.05, 4.69) is 5.32 Å². The van der Waals surface area contributed by atoms with Crippen molar-refractivity contribution < 1.29 is 14.6 Å². The van der Waals surface area contributed by atoms with Crippen LogP contribution in [-0.4, -0.2) is 12.1 Å². The molecule has 1 aliphatic heterocycles. The molecule has 2 rings (SSSR count). The molecule has 4 heteroatoms. The Morgan fingerprint density at radius 1 is 1.31 bits per heavy atom. The molecule has 1 saturated heterocycles. The van der Waals surface area contributed by atoms with Gasteiger partial charge in [0, 0.05) is 0 Å². The molecule has 1 aromatic rings. The Bertz CT molecular complexity index is 291. The molecular formula is C9H9NO3. The number of para-hydroxylation sites is 1. The van der Waals surface area contributed by atoms with Crippen LogP contribution in [0.2, 0.25) is 0 Å². The van der Waals surface area contributed by atoms with Gasteiger partial charge in [0.25, 0.3) is 0 Å². The van der Waals surface area contributed by atoms with Crippen molar-refractivity contribution in [2.75, 3.05) is 0 Å². The number of carbonyl (C=O) groups is 1. The summed E-state index contributed by atoms with van der Waals surface area (Å²) in [4.78, 5) is 20.3. The molecule has 1 fully saturated rings. The normalized spacial score (nSPS) is 20.3. The van der Waals surface area contributed by atoms with Crippen LogP contribution in [-0.2, 0) is 9.68 Å². The quantitative estimate of drug-likeness (QED) is 0.425. The van der Waals surface area contributed by atoms with Gasteiger partial charge in [0.15, 0.2) is 12.0 Å². The minimum Gasteiger partial charge on any atom is -0.335 e. The highest BCUT2D eigenvalue weighted by Crippen LogP contribution is 2.12. The maximum absolute atomic E-state index is 10.5. The number of rotatable bonds is 3. The summed E-state index contributed by atoms with van der Waals surface area (Å²) in [7, 11) is 0. The van der Waals surface area contributed by atoms with E-state index in [-0.39, 0.29) is 12.1 Å². The first-order chi connectivity index (χ1) is 6.34. The van der Waals surface area contributed by atoms with Crippen LogP contribution < -0.4 is 10.2 Å². The third-order valence-electron chi connectivity index (χ3n) is 1.70. The maximum atomic E-state index is 10.5. The first kappa shape index (κ1) is 8.07. The molecule has 1 unspecified atom stereocenters. The number of hydrogen-bond acceptors (Lipinski definition) is 3. The van der Waals surface area contributed by atoms with Gasteiger partial charge in [-0.1, -0.05) is 18.2 Å². The van der Waals surface area contributed by atoms with Crippen LogP contribution in [0.25, 0.3) is 0 Å². The molecule has 0 bridgehead atoms. The molecule has 1 N–H and O–H groups in total. The van der Waals surface area contributed by atoms with Crippen LogP contribution in [0.3, 0.4) is 0 Å². The number of amides is 1. The van der Waals surface area contributed by atoms with Crippen molar-refractivity contribution in [3.8, 4) is 5.75 Å². The Kier molecular flexibility index (Phi) is 2.14. The Morgan fingerprint density at radius 3 is 2.62 bits per heavy atom. The van der Waals surface area contributed by atoms with E-state index in [1.54, 1.807) is 12.1 Å². The Labute approximate surface area is 75.4 Å². The van der Waals surface area contributed by atoms with Gasteiger partial charge >= 0.3 is 0 Å². The van der Waals surface area contributed by atoms with Gasteiger partial charge in [-0.25, -0.2) is 0 Å². The summed E-state index contributed by atoms with van der Waals surface area (Å²) in [6.07, 6.45) is 0.0695. The number of benzene rings is 1. The van der Waals surface area contributed by atoms with E-state index < -0.39 is 0 Å². The molecule has 0 spiro atoms. The lowest BCUT2D eigenvalue weighted by Crippen LogP contribution is -2.50. The third-order valence-corrected chi connectivity index (χ3v) is 1.70. The first-order valence-corrected chi connectivity index (χ1v) is 4.02. The standard InChI is InChI=1S/C9H9NO3/c11-8-6-9(10-8)13-12-7-4-2-1-3-5-7/h1-5,9H,6H2,(H,10,11). The van der Waals surface area contributed by atoms with Gasteiger partial charge in [0.05, 0.1) is 6.42 Å². The zero-order chi connectivity index (χ0) is 9.10. The largest absolute Gasteiger partial charge is 0.335 e. The SMILES string of the molecule is O=C1CC(OOc2ccccc2)N1. The maximum Gasteiger partial charge on any atom is 0.226 e. The highest BCUT2D eigenvalue weighted by molar-refractivity contribution is 5.82. The lowest BCUT2D eigenvalue weighted by atomic mass is 10.2. The predicted octanol–water partition coefficient (Wildman–Crippen LogP) is 0.843. The average Bonchev–Trinajstić information content (AvgIpc) is 2.12. The number of nitrogens with one attached hydrogen (secondary N) is 1. The Balaban J connectivity index is 1.77. The second-order valence-corrected chi connectivity index (χ2v) is 2.75. The average molecular weight is 179 g/mol. The highest BCUT2D eigenvalue weighted by atomic mass is 17.2. The van der Waals surface area contributed by atoms with E-state index in [0.717, 1.165) is 0 Å². The molecule has 1 heterocycles. The van der Waals surface area contributed by atoms with E-state index in [1.807, 2.05) is 18.2 Å². The molecule has 1 aromatic carbocycles. The molecular weight excluding hydrogens is 170 g/mol. The van der Waals surface area contributed by atoms with Gasteiger partial charge in [-0.15, -0.1) is 0 Å². The van der Waals surface area contributed by atoms with Gasteiger partial charge in [-0.2, -0.15) is 4.89 Å². The fourth-order valence-corrected chi connectivity index (χ4v) is 0.975. The summed E-state index contributed by atoms with van der Waals surface area (Å²) in [6.45, 7) is 0. The van der Waals surface area contributed by atoms with Gasteiger partial charge in [0.2, 0.25) is 5.91 Å². The van der Waals surface area contributed by atoms with Crippen molar-refractivity contribution in [1.29, 1.82) is 0 Å². The molecule has 13 heavy (non-hydrogen) atoms. The van der Waals surface area contributed by atoms with Crippen LogP contribution in [0.4, 0.5) is 0 Å².